The Morgan fingerprint density at radius 2 is 2.07 bits per heavy atom. The fraction of sp³-hybridized carbons (Fsp3) is 0.900. The van der Waals surface area contributed by atoms with E-state index in [9.17, 15) is 4.79 Å². The van der Waals surface area contributed by atoms with Crippen molar-refractivity contribution < 1.29 is 9.63 Å². The monoisotopic (exact) mass is 219 g/mol. The highest BCUT2D eigenvalue weighted by atomic mass is 35.5. The van der Waals surface area contributed by atoms with Crippen LogP contribution in [0.3, 0.4) is 0 Å². The molecule has 1 aliphatic rings. The molecular formula is C10H18ClNO2. The molecule has 1 fully saturated rings. The molecule has 0 radical (unpaired) electrons. The van der Waals surface area contributed by atoms with E-state index in [-0.39, 0.29) is 12.0 Å². The lowest BCUT2D eigenvalue weighted by Crippen LogP contribution is -2.39. The van der Waals surface area contributed by atoms with Crippen LogP contribution in [0.25, 0.3) is 0 Å². The van der Waals surface area contributed by atoms with Gasteiger partial charge >= 0.3 is 0 Å². The van der Waals surface area contributed by atoms with Gasteiger partial charge in [0.05, 0.1) is 11.5 Å². The first-order chi connectivity index (χ1) is 6.56. The molecule has 0 aliphatic heterocycles. The number of carbonyl (C=O) groups is 1. The van der Waals surface area contributed by atoms with Gasteiger partial charge in [-0.3, -0.25) is 9.63 Å². The van der Waals surface area contributed by atoms with Gasteiger partial charge in [-0.25, -0.2) is 5.48 Å². The minimum absolute atomic E-state index is 0.139. The van der Waals surface area contributed by atoms with Crippen LogP contribution < -0.4 is 5.48 Å². The summed E-state index contributed by atoms with van der Waals surface area (Å²) in [5.74, 6) is 0.159. The van der Waals surface area contributed by atoms with Crippen LogP contribution in [0.4, 0.5) is 0 Å². The number of alkyl halides is 1. The van der Waals surface area contributed by atoms with Crippen LogP contribution in [0.1, 0.15) is 39.5 Å². The second-order valence-corrected chi connectivity index (χ2v) is 4.74. The van der Waals surface area contributed by atoms with E-state index >= 15 is 0 Å². The standard InChI is InChI=1S/C10H18ClNO2/c1-10(2,7-11)9(13)12-14-8-5-3-4-6-8/h8H,3-7H2,1-2H3,(H,12,13). The van der Waals surface area contributed by atoms with Crippen LogP contribution in [0.2, 0.25) is 0 Å². The minimum Gasteiger partial charge on any atom is -0.272 e. The van der Waals surface area contributed by atoms with Crippen molar-refractivity contribution in [2.45, 2.75) is 45.6 Å². The van der Waals surface area contributed by atoms with Crippen molar-refractivity contribution in [1.82, 2.24) is 5.48 Å². The first-order valence-electron chi connectivity index (χ1n) is 5.08. The molecule has 1 saturated carbocycles. The van der Waals surface area contributed by atoms with Crippen molar-refractivity contribution in [3.8, 4) is 0 Å². The molecule has 1 N–H and O–H groups in total. The molecule has 0 atom stereocenters. The number of halogens is 1. The largest absolute Gasteiger partial charge is 0.272 e. The van der Waals surface area contributed by atoms with Crippen LogP contribution in [0.15, 0.2) is 0 Å². The zero-order valence-corrected chi connectivity index (χ0v) is 9.56. The highest BCUT2D eigenvalue weighted by Gasteiger charge is 2.27. The molecule has 4 heteroatoms. The van der Waals surface area contributed by atoms with Crippen LogP contribution in [0, 0.1) is 5.41 Å². The molecule has 0 heterocycles. The van der Waals surface area contributed by atoms with E-state index in [1.807, 2.05) is 0 Å². The van der Waals surface area contributed by atoms with E-state index in [1.165, 1.54) is 12.8 Å². The normalized spacial score (nSPS) is 18.5. The van der Waals surface area contributed by atoms with E-state index < -0.39 is 5.41 Å². The van der Waals surface area contributed by atoms with Crippen molar-refractivity contribution in [3.63, 3.8) is 0 Å². The summed E-state index contributed by atoms with van der Waals surface area (Å²) >= 11 is 5.67. The second kappa shape index (κ2) is 4.99. The van der Waals surface area contributed by atoms with Crippen molar-refractivity contribution >= 4 is 17.5 Å². The van der Waals surface area contributed by atoms with Crippen LogP contribution >= 0.6 is 11.6 Å². The van der Waals surface area contributed by atoms with Gasteiger partial charge < -0.3 is 0 Å². The van der Waals surface area contributed by atoms with E-state index in [4.69, 9.17) is 16.4 Å². The number of hydrogen-bond acceptors (Lipinski definition) is 2. The SMILES string of the molecule is CC(C)(CCl)C(=O)NOC1CCCC1. The first-order valence-corrected chi connectivity index (χ1v) is 5.62. The topological polar surface area (TPSA) is 38.3 Å². The summed E-state index contributed by atoms with van der Waals surface area (Å²) in [7, 11) is 0. The summed E-state index contributed by atoms with van der Waals surface area (Å²) in [4.78, 5) is 16.8. The predicted molar refractivity (Wildman–Crippen MR) is 56.0 cm³/mol. The summed E-state index contributed by atoms with van der Waals surface area (Å²) in [6.07, 6.45) is 4.67. The van der Waals surface area contributed by atoms with Gasteiger partial charge in [0, 0.05) is 5.88 Å². The molecule has 14 heavy (non-hydrogen) atoms. The number of hydroxylamine groups is 1. The summed E-state index contributed by atoms with van der Waals surface area (Å²) in [6.45, 7) is 3.60. The Kier molecular flexibility index (Phi) is 4.20. The highest BCUT2D eigenvalue weighted by Crippen LogP contribution is 2.21. The van der Waals surface area contributed by atoms with Crippen LogP contribution in [0.5, 0.6) is 0 Å². The zero-order valence-electron chi connectivity index (χ0n) is 8.81. The predicted octanol–water partition coefficient (Wildman–Crippen LogP) is 2.24. The molecule has 0 aromatic heterocycles. The lowest BCUT2D eigenvalue weighted by atomic mass is 9.96. The molecular weight excluding hydrogens is 202 g/mol. The Hall–Kier alpha value is -0.280. The van der Waals surface area contributed by atoms with Gasteiger partial charge in [0.25, 0.3) is 0 Å². The van der Waals surface area contributed by atoms with Crippen molar-refractivity contribution in [2.75, 3.05) is 5.88 Å². The third-order valence-corrected chi connectivity index (χ3v) is 3.24. The molecule has 0 aromatic carbocycles. The number of hydrogen-bond donors (Lipinski definition) is 1. The van der Waals surface area contributed by atoms with E-state index in [2.05, 4.69) is 5.48 Å². The number of carbonyl (C=O) groups excluding carboxylic acids is 1. The van der Waals surface area contributed by atoms with Crippen LogP contribution in [-0.2, 0) is 9.63 Å². The molecule has 0 bridgehead atoms. The zero-order chi connectivity index (χ0) is 10.6. The third kappa shape index (κ3) is 3.14. The van der Waals surface area contributed by atoms with E-state index in [0.29, 0.717) is 5.88 Å². The molecule has 1 aliphatic carbocycles. The van der Waals surface area contributed by atoms with Gasteiger partial charge in [0.2, 0.25) is 5.91 Å². The molecule has 1 amide bonds. The van der Waals surface area contributed by atoms with Gasteiger partial charge in [0.1, 0.15) is 0 Å². The molecule has 1 rings (SSSR count). The smallest absolute Gasteiger partial charge is 0.250 e. The quantitative estimate of drug-likeness (QED) is 0.582. The lowest BCUT2D eigenvalue weighted by Gasteiger charge is -2.21. The number of amides is 1. The average molecular weight is 220 g/mol. The van der Waals surface area contributed by atoms with Gasteiger partial charge in [-0.15, -0.1) is 11.6 Å². The molecule has 0 spiro atoms. The summed E-state index contributed by atoms with van der Waals surface area (Å²) in [5, 5.41) is 0. The van der Waals surface area contributed by atoms with Gasteiger partial charge in [0.15, 0.2) is 0 Å². The molecule has 0 aromatic rings. The van der Waals surface area contributed by atoms with Gasteiger partial charge in [-0.2, -0.15) is 0 Å². The molecule has 3 nitrogen and oxygen atoms in total. The third-order valence-electron chi connectivity index (χ3n) is 2.57. The summed E-state index contributed by atoms with van der Waals surface area (Å²) < 4.78 is 0. The second-order valence-electron chi connectivity index (χ2n) is 4.47. The fourth-order valence-corrected chi connectivity index (χ4v) is 1.46. The van der Waals surface area contributed by atoms with Crippen molar-refractivity contribution in [3.05, 3.63) is 0 Å². The van der Waals surface area contributed by atoms with Crippen molar-refractivity contribution in [2.24, 2.45) is 5.41 Å². The maximum atomic E-state index is 11.5. The Morgan fingerprint density at radius 3 is 2.57 bits per heavy atom. The number of nitrogens with one attached hydrogen (secondary N) is 1. The number of rotatable bonds is 4. The highest BCUT2D eigenvalue weighted by molar-refractivity contribution is 6.19. The average Bonchev–Trinajstić information content (AvgIpc) is 2.66. The Morgan fingerprint density at radius 1 is 1.50 bits per heavy atom. The maximum Gasteiger partial charge on any atom is 0.250 e. The van der Waals surface area contributed by atoms with Crippen LogP contribution in [-0.4, -0.2) is 17.9 Å². The molecule has 0 saturated heterocycles. The minimum atomic E-state index is -0.555. The maximum absolute atomic E-state index is 11.5. The van der Waals surface area contributed by atoms with E-state index in [0.717, 1.165) is 12.8 Å². The fourth-order valence-electron chi connectivity index (χ4n) is 1.34. The Bertz CT molecular complexity index is 200. The summed E-state index contributed by atoms with van der Waals surface area (Å²) in [5.41, 5.74) is 1.94. The van der Waals surface area contributed by atoms with E-state index in [1.54, 1.807) is 13.8 Å². The first kappa shape index (κ1) is 11.8. The van der Waals surface area contributed by atoms with Gasteiger partial charge in [-0.1, -0.05) is 12.8 Å². The lowest BCUT2D eigenvalue weighted by molar-refractivity contribution is -0.146. The molecule has 0 unspecified atom stereocenters. The summed E-state index contributed by atoms with van der Waals surface area (Å²) in [6, 6.07) is 0. The molecule has 82 valence electrons. The van der Waals surface area contributed by atoms with Gasteiger partial charge in [-0.05, 0) is 26.7 Å². The Labute approximate surface area is 90.1 Å². The van der Waals surface area contributed by atoms with Crippen molar-refractivity contribution in [1.29, 1.82) is 0 Å². The Balaban J connectivity index is 2.26.